The van der Waals surface area contributed by atoms with E-state index >= 15 is 0 Å². The van der Waals surface area contributed by atoms with E-state index in [0.717, 1.165) is 25.0 Å². The van der Waals surface area contributed by atoms with Crippen LogP contribution in [0.5, 0.6) is 0 Å². The molecule has 0 radical (unpaired) electrons. The molecule has 8 nitrogen and oxygen atoms in total. The Morgan fingerprint density at radius 1 is 1.00 bits per heavy atom. The molecule has 1 aromatic rings. The Hall–Kier alpha value is -1.65. The second-order valence-corrected chi connectivity index (χ2v) is 11.5. The van der Waals surface area contributed by atoms with Crippen LogP contribution >= 0.6 is 46.6 Å². The van der Waals surface area contributed by atoms with E-state index in [2.05, 4.69) is 10.6 Å². The van der Waals surface area contributed by atoms with Gasteiger partial charge in [0.05, 0.1) is 32.7 Å². The van der Waals surface area contributed by atoms with Crippen LogP contribution in [0.4, 0.5) is 4.79 Å². The molecule has 3 unspecified atom stereocenters. The number of rotatable bonds is 16. The number of hydrogen-bond acceptors (Lipinski definition) is 7. The molecular formula is C25H29Cl3N2O6S. The highest BCUT2D eigenvalue weighted by Crippen LogP contribution is 2.36. The van der Waals surface area contributed by atoms with Crippen molar-refractivity contribution in [1.82, 2.24) is 10.6 Å². The monoisotopic (exact) mass is 590 g/mol. The lowest BCUT2D eigenvalue weighted by Crippen LogP contribution is -2.36. The summed E-state index contributed by atoms with van der Waals surface area (Å²) in [5, 5.41) is 5.95. The fraction of sp³-hybridized carbons (Fsp3) is 0.560. The first kappa shape index (κ1) is 29.9. The molecule has 3 rings (SSSR count). The lowest BCUT2D eigenvalue weighted by atomic mass is 10.0. The van der Waals surface area contributed by atoms with Crippen LogP contribution in [0.2, 0.25) is 15.1 Å². The summed E-state index contributed by atoms with van der Waals surface area (Å²) in [4.78, 5) is 58.4. The molecule has 2 aliphatic heterocycles. The van der Waals surface area contributed by atoms with Gasteiger partial charge in [0.25, 0.3) is 0 Å². The van der Waals surface area contributed by atoms with Gasteiger partial charge in [0.2, 0.25) is 5.78 Å². The van der Waals surface area contributed by atoms with Crippen molar-refractivity contribution in [1.29, 1.82) is 0 Å². The predicted molar refractivity (Wildman–Crippen MR) is 144 cm³/mol. The number of thioether (sulfide) groups is 1. The number of halogens is 3. The normalized spacial score (nSPS) is 20.3. The van der Waals surface area contributed by atoms with E-state index in [9.17, 15) is 24.0 Å². The first-order valence-corrected chi connectivity index (χ1v) is 14.4. The van der Waals surface area contributed by atoms with E-state index in [1.54, 1.807) is 0 Å². The van der Waals surface area contributed by atoms with E-state index < -0.39 is 5.78 Å². The third-order valence-electron chi connectivity index (χ3n) is 6.38. The van der Waals surface area contributed by atoms with E-state index in [4.69, 9.17) is 39.5 Å². The van der Waals surface area contributed by atoms with Gasteiger partial charge in [-0.2, -0.15) is 11.8 Å². The molecule has 0 bridgehead atoms. The summed E-state index contributed by atoms with van der Waals surface area (Å²) in [6.07, 6.45) is 5.04. The van der Waals surface area contributed by atoms with Crippen molar-refractivity contribution in [2.24, 2.45) is 0 Å². The van der Waals surface area contributed by atoms with Crippen molar-refractivity contribution in [3.05, 3.63) is 32.3 Å². The molecule has 2 saturated heterocycles. The highest BCUT2D eigenvalue weighted by atomic mass is 35.5. The lowest BCUT2D eigenvalue weighted by molar-refractivity contribution is -0.119. The Balaban J connectivity index is 1.25. The zero-order valence-corrected chi connectivity index (χ0v) is 23.2. The van der Waals surface area contributed by atoms with Crippen molar-refractivity contribution in [3.8, 4) is 0 Å². The number of benzene rings is 1. The number of nitrogens with one attached hydrogen (secondary N) is 2. The quantitative estimate of drug-likeness (QED) is 0.0687. The van der Waals surface area contributed by atoms with Gasteiger partial charge in [0, 0.05) is 49.0 Å². The van der Waals surface area contributed by atoms with E-state index in [0.29, 0.717) is 44.1 Å². The summed E-state index contributed by atoms with van der Waals surface area (Å²) in [7, 11) is 0. The van der Waals surface area contributed by atoms with Crippen LogP contribution < -0.4 is 10.6 Å². The standard InChI is InChI=1S/C25H29Cl3N2O6S/c26-16-11-15(19(34)12-31)22(27)23(28)21(16)18(33)7-4-10-36-9-3-6-14(32)5-1-2-8-20-24-17(13-37-20)29-25(35)30-24/h11-12,17,20,24H,1-10,13H2,(H2,29,30,35). The average Bonchev–Trinajstić information content (AvgIpc) is 3.42. The van der Waals surface area contributed by atoms with Crippen molar-refractivity contribution in [3.63, 3.8) is 0 Å². The maximum atomic E-state index is 12.5. The molecule has 0 spiro atoms. The Kier molecular flexibility index (Phi) is 11.7. The number of carbonyl (C=O) groups excluding carboxylic acids is 5. The van der Waals surface area contributed by atoms with Gasteiger partial charge < -0.3 is 15.4 Å². The van der Waals surface area contributed by atoms with Crippen LogP contribution in [0.1, 0.15) is 72.1 Å². The van der Waals surface area contributed by atoms with E-state index in [-0.39, 0.29) is 68.6 Å². The number of aldehydes is 1. The third-order valence-corrected chi connectivity index (χ3v) is 9.05. The maximum absolute atomic E-state index is 12.5. The Morgan fingerprint density at radius 2 is 1.70 bits per heavy atom. The summed E-state index contributed by atoms with van der Waals surface area (Å²) >= 11 is 20.1. The fourth-order valence-corrected chi connectivity index (χ4v) is 6.91. The predicted octanol–water partition coefficient (Wildman–Crippen LogP) is 5.08. The number of urea groups is 1. The highest BCUT2D eigenvalue weighted by molar-refractivity contribution is 8.00. The number of Topliss-reactive ketones (excluding diaryl/α,β-unsaturated/α-hetero) is 3. The maximum Gasteiger partial charge on any atom is 0.315 e. The average molecular weight is 592 g/mol. The molecular weight excluding hydrogens is 563 g/mol. The van der Waals surface area contributed by atoms with E-state index in [1.165, 1.54) is 6.07 Å². The molecule has 37 heavy (non-hydrogen) atoms. The van der Waals surface area contributed by atoms with Gasteiger partial charge in [0.1, 0.15) is 5.78 Å². The molecule has 2 amide bonds. The molecule has 0 aliphatic carbocycles. The molecule has 0 saturated carbocycles. The van der Waals surface area contributed by atoms with Crippen LogP contribution in [0.25, 0.3) is 0 Å². The number of carbonyl (C=O) groups is 5. The second-order valence-electron chi connectivity index (χ2n) is 9.04. The van der Waals surface area contributed by atoms with Gasteiger partial charge in [-0.05, 0) is 31.7 Å². The Labute approximate surface area is 234 Å². The van der Waals surface area contributed by atoms with Crippen LogP contribution in [0.3, 0.4) is 0 Å². The van der Waals surface area contributed by atoms with Gasteiger partial charge in [-0.1, -0.05) is 41.2 Å². The van der Waals surface area contributed by atoms with Crippen molar-refractivity contribution >= 4 is 76.2 Å². The van der Waals surface area contributed by atoms with Gasteiger partial charge in [-0.3, -0.25) is 19.2 Å². The second kappa shape index (κ2) is 14.5. The minimum atomic E-state index is -0.876. The van der Waals surface area contributed by atoms with Gasteiger partial charge in [0.15, 0.2) is 12.1 Å². The molecule has 3 atom stereocenters. The van der Waals surface area contributed by atoms with Gasteiger partial charge >= 0.3 is 6.03 Å². The summed E-state index contributed by atoms with van der Waals surface area (Å²) in [5.74, 6) is -0.0728. The molecule has 2 N–H and O–H groups in total. The molecule has 1 aromatic carbocycles. The Bertz CT molecular complexity index is 1050. The first-order valence-electron chi connectivity index (χ1n) is 12.2. The summed E-state index contributed by atoms with van der Waals surface area (Å²) in [6, 6.07) is 1.52. The molecule has 12 heteroatoms. The van der Waals surface area contributed by atoms with Crippen molar-refractivity contribution in [2.75, 3.05) is 19.0 Å². The number of ether oxygens (including phenoxy) is 1. The molecule has 2 aliphatic rings. The Morgan fingerprint density at radius 3 is 2.43 bits per heavy atom. The smallest absolute Gasteiger partial charge is 0.315 e. The zero-order chi connectivity index (χ0) is 26.9. The molecule has 0 aromatic heterocycles. The number of amides is 2. The van der Waals surface area contributed by atoms with Crippen LogP contribution in [-0.4, -0.2) is 66.0 Å². The molecule has 2 heterocycles. The fourth-order valence-electron chi connectivity index (χ4n) is 4.46. The van der Waals surface area contributed by atoms with E-state index in [1.807, 2.05) is 11.8 Å². The number of ketones is 3. The number of unbranched alkanes of at least 4 members (excludes halogenated alkanes) is 1. The largest absolute Gasteiger partial charge is 0.381 e. The van der Waals surface area contributed by atoms with Gasteiger partial charge in [-0.25, -0.2) is 4.79 Å². The molecule has 2 fully saturated rings. The SMILES string of the molecule is O=CC(=O)c1cc(Cl)c(C(=O)CCCOCCCC(=O)CCCCC2SCC3NC(=O)NC32)c(Cl)c1Cl. The topological polar surface area (TPSA) is 119 Å². The van der Waals surface area contributed by atoms with Crippen LogP contribution in [0.15, 0.2) is 6.07 Å². The summed E-state index contributed by atoms with van der Waals surface area (Å²) in [6.45, 7) is 0.751. The summed E-state index contributed by atoms with van der Waals surface area (Å²) < 4.78 is 5.54. The first-order chi connectivity index (χ1) is 17.7. The van der Waals surface area contributed by atoms with Crippen molar-refractivity contribution in [2.45, 2.75) is 68.7 Å². The molecule has 202 valence electrons. The van der Waals surface area contributed by atoms with Crippen LogP contribution in [-0.2, 0) is 14.3 Å². The summed E-state index contributed by atoms with van der Waals surface area (Å²) in [5.41, 5.74) is -0.138. The van der Waals surface area contributed by atoms with Crippen molar-refractivity contribution < 1.29 is 28.7 Å². The zero-order valence-electron chi connectivity index (χ0n) is 20.2. The lowest BCUT2D eigenvalue weighted by Gasteiger charge is -2.16. The number of hydrogen-bond donors (Lipinski definition) is 2. The minimum Gasteiger partial charge on any atom is -0.381 e. The minimum absolute atomic E-state index is 0.0115. The third kappa shape index (κ3) is 8.17. The van der Waals surface area contributed by atoms with Gasteiger partial charge in [-0.15, -0.1) is 0 Å². The highest BCUT2D eigenvalue weighted by Gasteiger charge is 2.42. The number of fused-ring (bicyclic) bond motifs is 1. The van der Waals surface area contributed by atoms with Crippen LogP contribution in [0, 0.1) is 0 Å².